The molecule has 0 heterocycles. The van der Waals surface area contributed by atoms with Crippen LogP contribution in [0.25, 0.3) is 0 Å². The van der Waals surface area contributed by atoms with Crippen molar-refractivity contribution >= 4 is 0 Å². The van der Waals surface area contributed by atoms with E-state index >= 15 is 0 Å². The molecule has 2 rings (SSSR count). The first-order chi connectivity index (χ1) is 9.78. The summed E-state index contributed by atoms with van der Waals surface area (Å²) >= 11 is 0. The summed E-state index contributed by atoms with van der Waals surface area (Å²) in [6.45, 7) is 1.47. The molecule has 1 fully saturated rings. The second-order valence-corrected chi connectivity index (χ2v) is 5.61. The van der Waals surface area contributed by atoms with Gasteiger partial charge in [-0.15, -0.1) is 0 Å². The van der Waals surface area contributed by atoms with Crippen molar-refractivity contribution in [2.75, 3.05) is 20.3 Å². The first-order valence-corrected chi connectivity index (χ1v) is 7.43. The van der Waals surface area contributed by atoms with E-state index in [1.807, 2.05) is 0 Å². The Morgan fingerprint density at radius 2 is 2.10 bits per heavy atom. The Hall–Kier alpha value is -0.940. The van der Waals surface area contributed by atoms with Crippen LogP contribution in [0.1, 0.15) is 36.4 Å². The van der Waals surface area contributed by atoms with Crippen LogP contribution in [0, 0.1) is 5.92 Å². The highest BCUT2D eigenvalue weighted by Crippen LogP contribution is 2.27. The molecule has 1 aliphatic rings. The standard InChI is InChI=1S/C16H26N2O2/c1-20-11-12-5-7-13(8-6-12)16(9-17)18-15-4-2-3-14(15)10-19/h5-8,14-16,18-19H,2-4,9-11,17H2,1H3. The first kappa shape index (κ1) is 15.4. The normalized spacial score (nSPS) is 23.9. The molecule has 1 aliphatic carbocycles. The van der Waals surface area contributed by atoms with Crippen LogP contribution in [-0.2, 0) is 11.3 Å². The summed E-state index contributed by atoms with van der Waals surface area (Å²) in [7, 11) is 1.70. The molecule has 4 nitrogen and oxygen atoms in total. The minimum atomic E-state index is 0.156. The molecule has 1 aromatic rings. The number of benzene rings is 1. The third kappa shape index (κ3) is 3.79. The Kier molecular flexibility index (Phi) is 5.98. The second kappa shape index (κ2) is 7.74. The fourth-order valence-corrected chi connectivity index (χ4v) is 3.05. The maximum absolute atomic E-state index is 9.40. The molecule has 0 radical (unpaired) electrons. The van der Waals surface area contributed by atoms with Crippen LogP contribution in [-0.4, -0.2) is 31.4 Å². The lowest BCUT2D eigenvalue weighted by Crippen LogP contribution is -2.39. The molecule has 112 valence electrons. The number of nitrogens with two attached hydrogens (primary N) is 1. The highest BCUT2D eigenvalue weighted by Gasteiger charge is 2.28. The summed E-state index contributed by atoms with van der Waals surface area (Å²) < 4.78 is 5.12. The van der Waals surface area contributed by atoms with E-state index in [2.05, 4.69) is 29.6 Å². The molecule has 4 heteroatoms. The van der Waals surface area contributed by atoms with Crippen molar-refractivity contribution in [1.29, 1.82) is 0 Å². The van der Waals surface area contributed by atoms with E-state index in [9.17, 15) is 5.11 Å². The lowest BCUT2D eigenvalue weighted by atomic mass is 10.00. The summed E-state index contributed by atoms with van der Waals surface area (Å²) in [4.78, 5) is 0. The predicted octanol–water partition coefficient (Wildman–Crippen LogP) is 1.58. The van der Waals surface area contributed by atoms with Gasteiger partial charge in [0.1, 0.15) is 0 Å². The Morgan fingerprint density at radius 1 is 1.35 bits per heavy atom. The van der Waals surface area contributed by atoms with Gasteiger partial charge in [0.15, 0.2) is 0 Å². The molecule has 4 N–H and O–H groups in total. The van der Waals surface area contributed by atoms with Crippen molar-refractivity contribution < 1.29 is 9.84 Å². The quantitative estimate of drug-likeness (QED) is 0.708. The third-order valence-electron chi connectivity index (χ3n) is 4.24. The van der Waals surface area contributed by atoms with Gasteiger partial charge in [0, 0.05) is 32.3 Å². The fourth-order valence-electron chi connectivity index (χ4n) is 3.05. The Morgan fingerprint density at radius 3 is 2.70 bits per heavy atom. The van der Waals surface area contributed by atoms with E-state index in [0.717, 1.165) is 12.8 Å². The van der Waals surface area contributed by atoms with Gasteiger partial charge >= 0.3 is 0 Å². The smallest absolute Gasteiger partial charge is 0.0713 e. The lowest BCUT2D eigenvalue weighted by molar-refractivity contribution is 0.185. The van der Waals surface area contributed by atoms with Gasteiger partial charge in [-0.05, 0) is 29.9 Å². The summed E-state index contributed by atoms with van der Waals surface area (Å²) in [5.74, 6) is 0.372. The zero-order chi connectivity index (χ0) is 14.4. The van der Waals surface area contributed by atoms with Gasteiger partial charge in [-0.1, -0.05) is 30.7 Å². The SMILES string of the molecule is COCc1ccc(C(CN)NC2CCCC2CO)cc1. The van der Waals surface area contributed by atoms with E-state index in [4.69, 9.17) is 10.5 Å². The maximum atomic E-state index is 9.40. The van der Waals surface area contributed by atoms with Crippen molar-refractivity contribution in [2.24, 2.45) is 11.7 Å². The molecule has 3 unspecified atom stereocenters. The topological polar surface area (TPSA) is 67.5 Å². The number of hydrogen-bond acceptors (Lipinski definition) is 4. The van der Waals surface area contributed by atoms with E-state index in [0.29, 0.717) is 25.1 Å². The average molecular weight is 278 g/mol. The highest BCUT2D eigenvalue weighted by molar-refractivity contribution is 5.25. The maximum Gasteiger partial charge on any atom is 0.0713 e. The van der Waals surface area contributed by atoms with E-state index in [1.165, 1.54) is 17.5 Å². The van der Waals surface area contributed by atoms with Crippen LogP contribution < -0.4 is 11.1 Å². The van der Waals surface area contributed by atoms with E-state index < -0.39 is 0 Å². The number of aliphatic hydroxyl groups excluding tert-OH is 1. The number of rotatable bonds is 7. The molecule has 0 saturated heterocycles. The zero-order valence-electron chi connectivity index (χ0n) is 12.2. The van der Waals surface area contributed by atoms with Crippen LogP contribution in [0.5, 0.6) is 0 Å². The monoisotopic (exact) mass is 278 g/mol. The van der Waals surface area contributed by atoms with Crippen molar-refractivity contribution in [1.82, 2.24) is 5.32 Å². The van der Waals surface area contributed by atoms with Gasteiger partial charge in [-0.3, -0.25) is 0 Å². The van der Waals surface area contributed by atoms with Gasteiger partial charge in [0.2, 0.25) is 0 Å². The van der Waals surface area contributed by atoms with Crippen molar-refractivity contribution in [3.8, 4) is 0 Å². The molecule has 0 aliphatic heterocycles. The largest absolute Gasteiger partial charge is 0.396 e. The minimum absolute atomic E-state index is 0.156. The molecule has 0 bridgehead atoms. The van der Waals surface area contributed by atoms with Gasteiger partial charge in [0.25, 0.3) is 0 Å². The second-order valence-electron chi connectivity index (χ2n) is 5.61. The Balaban J connectivity index is 2.00. The predicted molar refractivity (Wildman–Crippen MR) is 80.3 cm³/mol. The van der Waals surface area contributed by atoms with Crippen LogP contribution >= 0.6 is 0 Å². The molecule has 0 aromatic heterocycles. The highest BCUT2D eigenvalue weighted by atomic mass is 16.5. The van der Waals surface area contributed by atoms with Crippen molar-refractivity contribution in [3.63, 3.8) is 0 Å². The number of aliphatic hydroxyl groups is 1. The van der Waals surface area contributed by atoms with Gasteiger partial charge in [-0.2, -0.15) is 0 Å². The number of ether oxygens (including phenoxy) is 1. The van der Waals surface area contributed by atoms with Gasteiger partial charge in [-0.25, -0.2) is 0 Å². The third-order valence-corrected chi connectivity index (χ3v) is 4.24. The van der Waals surface area contributed by atoms with Gasteiger partial charge in [0.05, 0.1) is 6.61 Å². The summed E-state index contributed by atoms with van der Waals surface area (Å²) in [5, 5.41) is 13.0. The summed E-state index contributed by atoms with van der Waals surface area (Å²) in [6, 6.07) is 8.93. The van der Waals surface area contributed by atoms with Crippen molar-refractivity contribution in [3.05, 3.63) is 35.4 Å². The molecule has 20 heavy (non-hydrogen) atoms. The van der Waals surface area contributed by atoms with E-state index in [1.54, 1.807) is 7.11 Å². The number of hydrogen-bond donors (Lipinski definition) is 3. The Labute approximate surface area is 121 Å². The summed E-state index contributed by atoms with van der Waals surface area (Å²) in [6.07, 6.45) is 3.43. The van der Waals surface area contributed by atoms with Crippen molar-refractivity contribution in [2.45, 2.75) is 38.0 Å². The number of nitrogens with one attached hydrogen (secondary N) is 1. The molecular formula is C16H26N2O2. The van der Waals surface area contributed by atoms with Crippen LogP contribution in [0.15, 0.2) is 24.3 Å². The minimum Gasteiger partial charge on any atom is -0.396 e. The molecule has 1 saturated carbocycles. The fraction of sp³-hybridized carbons (Fsp3) is 0.625. The van der Waals surface area contributed by atoms with Crippen LogP contribution in [0.4, 0.5) is 0 Å². The molecule has 0 spiro atoms. The lowest BCUT2D eigenvalue weighted by Gasteiger charge is -2.26. The molecule has 3 atom stereocenters. The van der Waals surface area contributed by atoms with Crippen LogP contribution in [0.3, 0.4) is 0 Å². The summed E-state index contributed by atoms with van der Waals surface area (Å²) in [5.41, 5.74) is 8.29. The number of methoxy groups -OCH3 is 1. The average Bonchev–Trinajstić information content (AvgIpc) is 2.93. The zero-order valence-corrected chi connectivity index (χ0v) is 12.2. The molecule has 0 amide bonds. The van der Waals surface area contributed by atoms with E-state index in [-0.39, 0.29) is 12.6 Å². The molecule has 1 aromatic carbocycles. The Bertz CT molecular complexity index is 394. The van der Waals surface area contributed by atoms with Crippen LogP contribution in [0.2, 0.25) is 0 Å². The molecular weight excluding hydrogens is 252 g/mol. The first-order valence-electron chi connectivity index (χ1n) is 7.43. The van der Waals surface area contributed by atoms with Gasteiger partial charge < -0.3 is 20.9 Å².